The Morgan fingerprint density at radius 1 is 1.75 bits per heavy atom. The van der Waals surface area contributed by atoms with Gasteiger partial charge in [-0.1, -0.05) is 5.92 Å². The van der Waals surface area contributed by atoms with Crippen LogP contribution in [0.3, 0.4) is 0 Å². The summed E-state index contributed by atoms with van der Waals surface area (Å²) in [5, 5.41) is 0. The Bertz CT molecular complexity index is 204. The molecule has 0 amide bonds. The van der Waals surface area contributed by atoms with Gasteiger partial charge in [-0.2, -0.15) is 0 Å². The molecule has 1 aliphatic heterocycles. The fraction of sp³-hybridized carbons (Fsp3) is 0.667. The number of terminal acetylenes is 1. The van der Waals surface area contributed by atoms with Crippen LogP contribution in [0.2, 0.25) is 0 Å². The van der Waals surface area contributed by atoms with Gasteiger partial charge in [0.1, 0.15) is 6.10 Å². The molecule has 1 aliphatic rings. The molecule has 0 aromatic carbocycles. The van der Waals surface area contributed by atoms with E-state index in [4.69, 9.17) is 15.9 Å². The van der Waals surface area contributed by atoms with Crippen LogP contribution >= 0.6 is 0 Å². The van der Waals surface area contributed by atoms with Crippen molar-refractivity contribution in [3.8, 4) is 12.3 Å². The highest BCUT2D eigenvalue weighted by Gasteiger charge is 2.26. The van der Waals surface area contributed by atoms with Crippen molar-refractivity contribution in [2.75, 3.05) is 6.61 Å². The molecule has 1 heterocycles. The fourth-order valence-electron chi connectivity index (χ4n) is 1.24. The monoisotopic (exact) mass is 168 g/mol. The van der Waals surface area contributed by atoms with E-state index in [1.807, 2.05) is 0 Å². The molecule has 3 nitrogen and oxygen atoms in total. The molecule has 1 saturated heterocycles. The van der Waals surface area contributed by atoms with Crippen molar-refractivity contribution in [1.82, 2.24) is 0 Å². The van der Waals surface area contributed by atoms with Gasteiger partial charge in [0.05, 0.1) is 0 Å². The predicted octanol–water partition coefficient (Wildman–Crippen LogP) is 0.730. The lowest BCUT2D eigenvalue weighted by Gasteiger charge is -2.27. The zero-order valence-electron chi connectivity index (χ0n) is 7.08. The maximum Gasteiger partial charge on any atom is 0.303 e. The number of carbonyl (C=O) groups is 1. The zero-order valence-corrected chi connectivity index (χ0v) is 7.08. The van der Waals surface area contributed by atoms with Crippen LogP contribution in [-0.4, -0.2) is 24.8 Å². The largest absolute Gasteiger partial charge is 0.459 e. The topological polar surface area (TPSA) is 35.5 Å². The molecule has 0 N–H and O–H groups in total. The van der Waals surface area contributed by atoms with E-state index in [-0.39, 0.29) is 18.2 Å². The summed E-state index contributed by atoms with van der Waals surface area (Å²) >= 11 is 0. The Hall–Kier alpha value is -1.01. The molecular weight excluding hydrogens is 156 g/mol. The van der Waals surface area contributed by atoms with Crippen molar-refractivity contribution >= 4 is 5.97 Å². The minimum Gasteiger partial charge on any atom is -0.459 e. The highest BCUT2D eigenvalue weighted by Crippen LogP contribution is 2.16. The third-order valence-corrected chi connectivity index (χ3v) is 1.75. The van der Waals surface area contributed by atoms with Gasteiger partial charge in [0, 0.05) is 13.5 Å². The molecule has 1 rings (SSSR count). The molecule has 1 fully saturated rings. The van der Waals surface area contributed by atoms with Crippen LogP contribution in [0.4, 0.5) is 0 Å². The van der Waals surface area contributed by atoms with E-state index in [1.54, 1.807) is 0 Å². The van der Waals surface area contributed by atoms with Crippen LogP contribution in [-0.2, 0) is 14.3 Å². The molecular formula is C9H12O3. The van der Waals surface area contributed by atoms with Gasteiger partial charge in [0.25, 0.3) is 0 Å². The number of carbonyl (C=O) groups excluding carboxylic acids is 1. The fourth-order valence-corrected chi connectivity index (χ4v) is 1.24. The Morgan fingerprint density at radius 2 is 2.50 bits per heavy atom. The molecule has 2 atom stereocenters. The van der Waals surface area contributed by atoms with Crippen molar-refractivity contribution in [1.29, 1.82) is 0 Å². The summed E-state index contributed by atoms with van der Waals surface area (Å²) in [5.41, 5.74) is 0. The smallest absolute Gasteiger partial charge is 0.303 e. The molecule has 0 aromatic rings. The summed E-state index contributed by atoms with van der Waals surface area (Å²) < 4.78 is 10.2. The molecule has 0 saturated carbocycles. The van der Waals surface area contributed by atoms with E-state index in [1.165, 1.54) is 6.92 Å². The van der Waals surface area contributed by atoms with Crippen molar-refractivity contribution < 1.29 is 14.3 Å². The first-order chi connectivity index (χ1) is 5.74. The molecule has 0 spiro atoms. The minimum absolute atomic E-state index is 0.249. The van der Waals surface area contributed by atoms with Crippen molar-refractivity contribution in [3.63, 3.8) is 0 Å². The maximum absolute atomic E-state index is 10.6. The maximum atomic E-state index is 10.6. The van der Waals surface area contributed by atoms with Crippen LogP contribution in [0.25, 0.3) is 0 Å². The first kappa shape index (κ1) is 9.08. The highest BCUT2D eigenvalue weighted by molar-refractivity contribution is 5.66. The van der Waals surface area contributed by atoms with Gasteiger partial charge in [-0.3, -0.25) is 4.79 Å². The molecule has 3 heteroatoms. The number of ether oxygens (including phenoxy) is 2. The summed E-state index contributed by atoms with van der Waals surface area (Å²) in [4.78, 5) is 10.6. The molecule has 0 bridgehead atoms. The second-order valence-corrected chi connectivity index (χ2v) is 2.75. The molecule has 0 aliphatic carbocycles. The Labute approximate surface area is 72.0 Å². The lowest BCUT2D eigenvalue weighted by molar-refractivity contribution is -0.156. The van der Waals surface area contributed by atoms with E-state index >= 15 is 0 Å². The van der Waals surface area contributed by atoms with Crippen LogP contribution in [0.15, 0.2) is 0 Å². The first-order valence-electron chi connectivity index (χ1n) is 3.99. The zero-order chi connectivity index (χ0) is 8.97. The Balaban J connectivity index is 2.48. The Morgan fingerprint density at radius 3 is 3.08 bits per heavy atom. The third kappa shape index (κ3) is 2.24. The Kier molecular flexibility index (Phi) is 3.12. The third-order valence-electron chi connectivity index (χ3n) is 1.75. The predicted molar refractivity (Wildman–Crippen MR) is 43.4 cm³/mol. The average Bonchev–Trinajstić information content (AvgIpc) is 2.04. The van der Waals surface area contributed by atoms with Gasteiger partial charge in [-0.15, -0.1) is 6.42 Å². The first-order valence-corrected chi connectivity index (χ1v) is 3.99. The number of esters is 1. The summed E-state index contributed by atoms with van der Waals surface area (Å²) in [6.07, 6.45) is 6.29. The van der Waals surface area contributed by atoms with Gasteiger partial charge in [-0.05, 0) is 12.8 Å². The van der Waals surface area contributed by atoms with E-state index in [2.05, 4.69) is 5.92 Å². The second-order valence-electron chi connectivity index (χ2n) is 2.75. The van der Waals surface area contributed by atoms with Gasteiger partial charge < -0.3 is 9.47 Å². The second kappa shape index (κ2) is 4.13. The number of hydrogen-bond donors (Lipinski definition) is 0. The lowest BCUT2D eigenvalue weighted by atomic mass is 10.1. The lowest BCUT2D eigenvalue weighted by Crippen LogP contribution is -2.36. The van der Waals surface area contributed by atoms with Crippen molar-refractivity contribution in [2.24, 2.45) is 0 Å². The van der Waals surface area contributed by atoms with Crippen molar-refractivity contribution in [3.05, 3.63) is 0 Å². The van der Waals surface area contributed by atoms with Crippen LogP contribution in [0.5, 0.6) is 0 Å². The average molecular weight is 168 g/mol. The number of hydrogen-bond acceptors (Lipinski definition) is 3. The normalized spacial score (nSPS) is 29.0. The molecule has 66 valence electrons. The SMILES string of the molecule is C#C[C@@H]1OCCC[C@H]1OC(C)=O. The van der Waals surface area contributed by atoms with Crippen LogP contribution in [0.1, 0.15) is 19.8 Å². The van der Waals surface area contributed by atoms with E-state index in [0.29, 0.717) is 6.61 Å². The van der Waals surface area contributed by atoms with Gasteiger partial charge in [-0.25, -0.2) is 0 Å². The standard InChI is InChI=1S/C9H12O3/c1-3-8-9(12-7(2)10)5-4-6-11-8/h1,8-9H,4-6H2,2H3/t8-,9+/m0/s1. The van der Waals surface area contributed by atoms with Crippen LogP contribution < -0.4 is 0 Å². The van der Waals surface area contributed by atoms with Gasteiger partial charge in [0.2, 0.25) is 0 Å². The quantitative estimate of drug-likeness (QED) is 0.427. The summed E-state index contributed by atoms with van der Waals surface area (Å²) in [5.74, 6) is 2.16. The van der Waals surface area contributed by atoms with E-state index in [0.717, 1.165) is 12.8 Å². The molecule has 12 heavy (non-hydrogen) atoms. The summed E-state index contributed by atoms with van der Waals surface area (Å²) in [6, 6.07) is 0. The van der Waals surface area contributed by atoms with Crippen LogP contribution in [0, 0.1) is 12.3 Å². The molecule has 0 aromatic heterocycles. The van der Waals surface area contributed by atoms with E-state index in [9.17, 15) is 4.79 Å². The van der Waals surface area contributed by atoms with Crippen molar-refractivity contribution in [2.45, 2.75) is 32.0 Å². The summed E-state index contributed by atoms with van der Waals surface area (Å²) in [7, 11) is 0. The summed E-state index contributed by atoms with van der Waals surface area (Å²) in [6.45, 7) is 2.04. The highest BCUT2D eigenvalue weighted by atomic mass is 16.6. The van der Waals surface area contributed by atoms with Gasteiger partial charge in [0.15, 0.2) is 6.10 Å². The molecule has 0 radical (unpaired) electrons. The minimum atomic E-state index is -0.359. The van der Waals surface area contributed by atoms with Gasteiger partial charge >= 0.3 is 5.97 Å². The van der Waals surface area contributed by atoms with E-state index < -0.39 is 0 Å². The number of rotatable bonds is 1. The molecule has 0 unspecified atom stereocenters.